The lowest BCUT2D eigenvalue weighted by Crippen LogP contribution is -2.41. The highest BCUT2D eigenvalue weighted by Crippen LogP contribution is 2.38. The molecule has 1 fully saturated rings. The second-order valence-electron chi connectivity index (χ2n) is 6.76. The van der Waals surface area contributed by atoms with Crippen molar-refractivity contribution in [3.63, 3.8) is 0 Å². The fourth-order valence-corrected chi connectivity index (χ4v) is 3.38. The van der Waals surface area contributed by atoms with E-state index in [1.807, 2.05) is 18.2 Å². The smallest absolute Gasteiger partial charge is 0.339 e. The molecule has 0 saturated heterocycles. The number of benzene rings is 1. The first kappa shape index (κ1) is 15.0. The fourth-order valence-electron chi connectivity index (χ4n) is 3.38. The van der Waals surface area contributed by atoms with Crippen LogP contribution in [0.5, 0.6) is 0 Å². The van der Waals surface area contributed by atoms with Gasteiger partial charge in [-0.2, -0.15) is 0 Å². The monoisotopic (exact) mass is 275 g/mol. The Morgan fingerprint density at radius 2 is 2.00 bits per heavy atom. The van der Waals surface area contributed by atoms with Crippen molar-refractivity contribution in [2.75, 3.05) is 6.73 Å². The van der Waals surface area contributed by atoms with E-state index < -0.39 is 0 Å². The molecule has 1 N–H and O–H groups in total. The number of hydrogen-bond donors (Lipinski definition) is 1. The van der Waals surface area contributed by atoms with E-state index in [-0.39, 0.29) is 5.97 Å². The molecule has 0 radical (unpaired) electrons. The predicted octanol–water partition coefficient (Wildman–Crippen LogP) is 3.61. The zero-order chi connectivity index (χ0) is 14.6. The molecule has 0 heterocycles. The van der Waals surface area contributed by atoms with Crippen molar-refractivity contribution in [2.45, 2.75) is 46.1 Å². The average molecular weight is 275 g/mol. The predicted molar refractivity (Wildman–Crippen MR) is 80.4 cm³/mol. The van der Waals surface area contributed by atoms with Gasteiger partial charge in [-0.25, -0.2) is 4.79 Å². The van der Waals surface area contributed by atoms with Crippen LogP contribution in [-0.4, -0.2) is 18.7 Å². The number of carbonyl (C=O) groups excluding carboxylic acids is 1. The van der Waals surface area contributed by atoms with Gasteiger partial charge in [0, 0.05) is 6.04 Å². The van der Waals surface area contributed by atoms with E-state index in [1.165, 1.54) is 6.42 Å². The number of esters is 1. The number of ether oxygens (including phenoxy) is 1. The van der Waals surface area contributed by atoms with Crippen LogP contribution < -0.4 is 5.32 Å². The Bertz CT molecular complexity index is 442. The molecule has 0 aliphatic heterocycles. The number of rotatable bonds is 4. The lowest BCUT2D eigenvalue weighted by molar-refractivity contribution is 0.0419. The summed E-state index contributed by atoms with van der Waals surface area (Å²) in [6.07, 6.45) is 3.57. The van der Waals surface area contributed by atoms with Crippen molar-refractivity contribution in [3.05, 3.63) is 35.9 Å². The highest BCUT2D eigenvalue weighted by Gasteiger charge is 2.31. The molecule has 110 valence electrons. The van der Waals surface area contributed by atoms with Crippen LogP contribution in [-0.2, 0) is 4.74 Å². The zero-order valence-electron chi connectivity index (χ0n) is 12.7. The minimum atomic E-state index is -0.263. The summed E-state index contributed by atoms with van der Waals surface area (Å²) in [6, 6.07) is 9.56. The normalized spacial score (nSPS) is 25.1. The molecule has 20 heavy (non-hydrogen) atoms. The molecule has 1 aliphatic rings. The summed E-state index contributed by atoms with van der Waals surface area (Å²) in [4.78, 5) is 11.8. The molecule has 3 heteroatoms. The quantitative estimate of drug-likeness (QED) is 0.674. The Kier molecular flexibility index (Phi) is 4.81. The standard InChI is InChI=1S/C17H25NO2/c1-13-9-15(11-17(2,3)10-13)18-12-20-16(19)14-7-5-4-6-8-14/h4-8,13,15,18H,9-12H2,1-3H3. The average Bonchev–Trinajstić information content (AvgIpc) is 2.37. The molecular weight excluding hydrogens is 250 g/mol. The molecule has 3 nitrogen and oxygen atoms in total. The summed E-state index contributed by atoms with van der Waals surface area (Å²) in [7, 11) is 0. The van der Waals surface area contributed by atoms with E-state index in [1.54, 1.807) is 12.1 Å². The summed E-state index contributed by atoms with van der Waals surface area (Å²) in [5, 5.41) is 3.37. The van der Waals surface area contributed by atoms with Crippen molar-refractivity contribution in [3.8, 4) is 0 Å². The topological polar surface area (TPSA) is 38.3 Å². The van der Waals surface area contributed by atoms with Gasteiger partial charge < -0.3 is 4.74 Å². The first-order valence-corrected chi connectivity index (χ1v) is 7.42. The lowest BCUT2D eigenvalue weighted by atomic mass is 9.71. The van der Waals surface area contributed by atoms with Crippen molar-refractivity contribution in [2.24, 2.45) is 11.3 Å². The Morgan fingerprint density at radius 3 is 2.65 bits per heavy atom. The molecule has 1 aromatic rings. The van der Waals surface area contributed by atoms with Crippen LogP contribution >= 0.6 is 0 Å². The Morgan fingerprint density at radius 1 is 1.30 bits per heavy atom. The van der Waals surface area contributed by atoms with Gasteiger partial charge in [-0.3, -0.25) is 5.32 Å². The van der Waals surface area contributed by atoms with Crippen LogP contribution in [0, 0.1) is 11.3 Å². The minimum Gasteiger partial charge on any atom is -0.446 e. The summed E-state index contributed by atoms with van der Waals surface area (Å²) in [5.41, 5.74) is 0.977. The zero-order valence-corrected chi connectivity index (χ0v) is 12.7. The van der Waals surface area contributed by atoms with E-state index in [0.717, 1.165) is 18.8 Å². The second-order valence-corrected chi connectivity index (χ2v) is 6.76. The molecule has 1 aromatic carbocycles. The van der Waals surface area contributed by atoms with Gasteiger partial charge >= 0.3 is 5.97 Å². The molecule has 1 aliphatic carbocycles. The Hall–Kier alpha value is -1.35. The van der Waals surface area contributed by atoms with E-state index in [2.05, 4.69) is 26.1 Å². The third-order valence-corrected chi connectivity index (χ3v) is 3.97. The van der Waals surface area contributed by atoms with Gasteiger partial charge in [-0.15, -0.1) is 0 Å². The highest BCUT2D eigenvalue weighted by atomic mass is 16.5. The van der Waals surface area contributed by atoms with Crippen LogP contribution in [0.25, 0.3) is 0 Å². The van der Waals surface area contributed by atoms with Crippen molar-refractivity contribution < 1.29 is 9.53 Å². The molecule has 0 spiro atoms. The first-order valence-electron chi connectivity index (χ1n) is 7.42. The van der Waals surface area contributed by atoms with Crippen LogP contribution in [0.4, 0.5) is 0 Å². The van der Waals surface area contributed by atoms with E-state index >= 15 is 0 Å². The van der Waals surface area contributed by atoms with E-state index in [4.69, 9.17) is 4.74 Å². The first-order chi connectivity index (χ1) is 9.46. The maximum atomic E-state index is 11.8. The number of carbonyl (C=O) groups is 1. The fraction of sp³-hybridized carbons (Fsp3) is 0.588. The van der Waals surface area contributed by atoms with Gasteiger partial charge in [-0.1, -0.05) is 39.0 Å². The van der Waals surface area contributed by atoms with Gasteiger partial charge in [0.25, 0.3) is 0 Å². The Labute approximate surface area is 121 Å². The SMILES string of the molecule is CC1CC(NCOC(=O)c2ccccc2)CC(C)(C)C1. The number of nitrogens with one attached hydrogen (secondary N) is 1. The minimum absolute atomic E-state index is 0.263. The van der Waals surface area contributed by atoms with Gasteiger partial charge in [0.1, 0.15) is 6.73 Å². The van der Waals surface area contributed by atoms with Crippen LogP contribution in [0.15, 0.2) is 30.3 Å². The molecule has 2 unspecified atom stereocenters. The van der Waals surface area contributed by atoms with Gasteiger partial charge in [0.2, 0.25) is 0 Å². The second kappa shape index (κ2) is 6.40. The largest absolute Gasteiger partial charge is 0.446 e. The molecule has 1 saturated carbocycles. The van der Waals surface area contributed by atoms with Gasteiger partial charge in [0.05, 0.1) is 5.56 Å². The molecule has 2 atom stereocenters. The molecule has 0 bridgehead atoms. The van der Waals surface area contributed by atoms with Crippen LogP contribution in [0.3, 0.4) is 0 Å². The summed E-state index contributed by atoms with van der Waals surface area (Å²) in [5.74, 6) is 0.460. The highest BCUT2D eigenvalue weighted by molar-refractivity contribution is 5.89. The van der Waals surface area contributed by atoms with Crippen molar-refractivity contribution >= 4 is 5.97 Å². The maximum absolute atomic E-state index is 11.8. The molecular formula is C17H25NO2. The molecule has 2 rings (SSSR count). The number of hydrogen-bond acceptors (Lipinski definition) is 3. The van der Waals surface area contributed by atoms with Crippen molar-refractivity contribution in [1.82, 2.24) is 5.32 Å². The van der Waals surface area contributed by atoms with E-state index in [0.29, 0.717) is 23.8 Å². The van der Waals surface area contributed by atoms with Gasteiger partial charge in [0.15, 0.2) is 0 Å². The van der Waals surface area contributed by atoms with Crippen LogP contribution in [0.2, 0.25) is 0 Å². The molecule has 0 amide bonds. The summed E-state index contributed by atoms with van der Waals surface area (Å²) < 4.78 is 5.28. The van der Waals surface area contributed by atoms with E-state index in [9.17, 15) is 4.79 Å². The third-order valence-electron chi connectivity index (χ3n) is 3.97. The Balaban J connectivity index is 1.77. The lowest BCUT2D eigenvalue weighted by Gasteiger charge is -2.39. The molecule has 0 aromatic heterocycles. The summed E-state index contributed by atoms with van der Waals surface area (Å²) >= 11 is 0. The third kappa shape index (κ3) is 4.34. The van der Waals surface area contributed by atoms with Gasteiger partial charge in [-0.05, 0) is 42.7 Å². The summed E-state index contributed by atoms with van der Waals surface area (Å²) in [6.45, 7) is 7.22. The van der Waals surface area contributed by atoms with Crippen LogP contribution in [0.1, 0.15) is 50.4 Å². The maximum Gasteiger partial charge on any atom is 0.339 e. The van der Waals surface area contributed by atoms with Crippen molar-refractivity contribution in [1.29, 1.82) is 0 Å².